The Hall–Kier alpha value is -4.67. The van der Waals surface area contributed by atoms with Crippen LogP contribution in [0, 0.1) is 0 Å². The van der Waals surface area contributed by atoms with Crippen LogP contribution in [0.3, 0.4) is 0 Å². The molecule has 3 rings (SSSR count). The average Bonchev–Trinajstić information content (AvgIpc) is 3.35. The fourth-order valence-electron chi connectivity index (χ4n) is 3.78. The Morgan fingerprint density at radius 2 is 1.64 bits per heavy atom. The summed E-state index contributed by atoms with van der Waals surface area (Å²) in [7, 11) is 0. The average molecular weight is 490 g/mol. The van der Waals surface area contributed by atoms with Gasteiger partial charge in [0, 0.05) is 17.8 Å². The van der Waals surface area contributed by atoms with Gasteiger partial charge in [-0.3, -0.25) is 15.0 Å². The van der Waals surface area contributed by atoms with E-state index in [1.165, 1.54) is 0 Å². The summed E-state index contributed by atoms with van der Waals surface area (Å²) >= 11 is 0. The number of benzene rings is 2. The second-order valence-electron chi connectivity index (χ2n) is 8.35. The minimum Gasteiger partial charge on any atom is -0.385 e. The summed E-state index contributed by atoms with van der Waals surface area (Å²) in [5.41, 5.74) is 22.5. The van der Waals surface area contributed by atoms with E-state index in [1.54, 1.807) is 55.1 Å². The number of carbonyl (C=O) groups excluding carboxylic acids is 2. The number of likely N-dealkylation sites (tertiary alicyclic amines) is 1. The SMILES string of the molecule is C=C(N)N/N=C(\C)c1cccc(C(=O)N2CCC[C@H]2C(=O)Nc2cccc(/C(C)=N/N=C(N)N)c2)c1. The maximum atomic E-state index is 13.3. The molecule has 1 aliphatic rings. The summed E-state index contributed by atoms with van der Waals surface area (Å²) < 4.78 is 0. The molecule has 0 bridgehead atoms. The summed E-state index contributed by atoms with van der Waals surface area (Å²) in [6, 6.07) is 13.7. The molecule has 8 N–H and O–H groups in total. The molecule has 11 nitrogen and oxygen atoms in total. The maximum Gasteiger partial charge on any atom is 0.254 e. The lowest BCUT2D eigenvalue weighted by molar-refractivity contribution is -0.119. The van der Waals surface area contributed by atoms with Crippen molar-refractivity contribution in [3.8, 4) is 0 Å². The van der Waals surface area contributed by atoms with Gasteiger partial charge in [0.15, 0.2) is 0 Å². The summed E-state index contributed by atoms with van der Waals surface area (Å²) in [5, 5.41) is 14.7. The first-order chi connectivity index (χ1) is 17.2. The van der Waals surface area contributed by atoms with Gasteiger partial charge >= 0.3 is 0 Å². The smallest absolute Gasteiger partial charge is 0.254 e. The highest BCUT2D eigenvalue weighted by Crippen LogP contribution is 2.23. The monoisotopic (exact) mass is 489 g/mol. The van der Waals surface area contributed by atoms with Crippen molar-refractivity contribution in [3.63, 3.8) is 0 Å². The summed E-state index contributed by atoms with van der Waals surface area (Å²) in [6.07, 6.45) is 1.31. The molecule has 0 aromatic heterocycles. The number of nitrogens with one attached hydrogen (secondary N) is 2. The lowest BCUT2D eigenvalue weighted by Gasteiger charge is -2.24. The molecule has 0 unspecified atom stereocenters. The quantitative estimate of drug-likeness (QED) is 0.214. The third-order valence-electron chi connectivity index (χ3n) is 5.57. The van der Waals surface area contributed by atoms with Gasteiger partial charge in [0.05, 0.1) is 11.4 Å². The van der Waals surface area contributed by atoms with Gasteiger partial charge in [-0.05, 0) is 62.1 Å². The van der Waals surface area contributed by atoms with Crippen LogP contribution in [0.15, 0.2) is 76.2 Å². The minimum absolute atomic E-state index is 0.143. The van der Waals surface area contributed by atoms with Gasteiger partial charge in [0.1, 0.15) is 11.9 Å². The van der Waals surface area contributed by atoms with E-state index in [0.717, 1.165) is 17.5 Å². The fourth-order valence-corrected chi connectivity index (χ4v) is 3.78. The molecular formula is C25H31N9O2. The summed E-state index contributed by atoms with van der Waals surface area (Å²) in [4.78, 5) is 28.1. The summed E-state index contributed by atoms with van der Waals surface area (Å²) in [6.45, 7) is 7.59. The fraction of sp³-hybridized carbons (Fsp3) is 0.240. The van der Waals surface area contributed by atoms with Crippen LogP contribution in [-0.4, -0.2) is 46.7 Å². The van der Waals surface area contributed by atoms with E-state index in [0.29, 0.717) is 35.6 Å². The molecule has 36 heavy (non-hydrogen) atoms. The predicted octanol–water partition coefficient (Wildman–Crippen LogP) is 1.67. The van der Waals surface area contributed by atoms with E-state index in [2.05, 4.69) is 32.6 Å². The van der Waals surface area contributed by atoms with Crippen molar-refractivity contribution in [2.75, 3.05) is 11.9 Å². The zero-order valence-corrected chi connectivity index (χ0v) is 20.4. The topological polar surface area (TPSA) is 177 Å². The minimum atomic E-state index is -0.585. The molecule has 0 aliphatic carbocycles. The molecule has 0 radical (unpaired) electrons. The number of hydrogen-bond donors (Lipinski definition) is 5. The van der Waals surface area contributed by atoms with Crippen molar-refractivity contribution in [2.45, 2.75) is 32.7 Å². The van der Waals surface area contributed by atoms with Crippen LogP contribution >= 0.6 is 0 Å². The zero-order chi connectivity index (χ0) is 26.2. The Morgan fingerprint density at radius 1 is 0.972 bits per heavy atom. The number of guanidine groups is 1. The molecule has 1 heterocycles. The van der Waals surface area contributed by atoms with Crippen LogP contribution in [0.1, 0.15) is 48.2 Å². The van der Waals surface area contributed by atoms with Gasteiger partial charge in [-0.15, -0.1) is 5.10 Å². The lowest BCUT2D eigenvalue weighted by atomic mass is 10.1. The maximum absolute atomic E-state index is 13.3. The van der Waals surface area contributed by atoms with Crippen molar-refractivity contribution < 1.29 is 9.59 Å². The molecular weight excluding hydrogens is 458 g/mol. The molecule has 1 atom stereocenters. The molecule has 2 aromatic carbocycles. The molecule has 2 amide bonds. The van der Waals surface area contributed by atoms with E-state index >= 15 is 0 Å². The second kappa shape index (κ2) is 11.6. The number of hydrazone groups is 1. The number of nitrogens with two attached hydrogens (primary N) is 3. The summed E-state index contributed by atoms with van der Waals surface area (Å²) in [5.74, 6) is -0.394. The molecule has 2 aromatic rings. The van der Waals surface area contributed by atoms with Gasteiger partial charge in [-0.1, -0.05) is 30.8 Å². The highest BCUT2D eigenvalue weighted by atomic mass is 16.2. The Kier molecular flexibility index (Phi) is 8.39. The molecule has 188 valence electrons. The van der Waals surface area contributed by atoms with Crippen LogP contribution in [-0.2, 0) is 4.79 Å². The van der Waals surface area contributed by atoms with Gasteiger partial charge in [0.2, 0.25) is 11.9 Å². The Morgan fingerprint density at radius 3 is 2.33 bits per heavy atom. The molecule has 11 heteroatoms. The largest absolute Gasteiger partial charge is 0.385 e. The Labute approximate surface area is 209 Å². The van der Waals surface area contributed by atoms with Crippen LogP contribution in [0.2, 0.25) is 0 Å². The highest BCUT2D eigenvalue weighted by molar-refractivity contribution is 6.05. The van der Waals surface area contributed by atoms with Crippen molar-refractivity contribution in [3.05, 3.63) is 77.6 Å². The normalized spacial score (nSPS) is 15.8. The van der Waals surface area contributed by atoms with Crippen LogP contribution < -0.4 is 27.9 Å². The van der Waals surface area contributed by atoms with Crippen LogP contribution in [0.25, 0.3) is 0 Å². The van der Waals surface area contributed by atoms with E-state index in [4.69, 9.17) is 17.2 Å². The van der Waals surface area contributed by atoms with Crippen molar-refractivity contribution in [1.29, 1.82) is 0 Å². The van der Waals surface area contributed by atoms with Gasteiger partial charge < -0.3 is 27.4 Å². The van der Waals surface area contributed by atoms with E-state index < -0.39 is 6.04 Å². The highest BCUT2D eigenvalue weighted by Gasteiger charge is 2.34. The molecule has 1 aliphatic heterocycles. The third kappa shape index (κ3) is 6.69. The molecule has 0 saturated carbocycles. The van der Waals surface area contributed by atoms with Crippen molar-refractivity contribution in [1.82, 2.24) is 10.3 Å². The zero-order valence-electron chi connectivity index (χ0n) is 20.4. The van der Waals surface area contributed by atoms with E-state index in [1.807, 2.05) is 12.1 Å². The number of anilines is 1. The van der Waals surface area contributed by atoms with E-state index in [9.17, 15) is 9.59 Å². The van der Waals surface area contributed by atoms with Crippen LogP contribution in [0.4, 0.5) is 5.69 Å². The first kappa shape index (κ1) is 25.9. The second-order valence-corrected chi connectivity index (χ2v) is 8.35. The molecule has 1 fully saturated rings. The molecule has 0 spiro atoms. The Balaban J connectivity index is 1.74. The predicted molar refractivity (Wildman–Crippen MR) is 142 cm³/mol. The van der Waals surface area contributed by atoms with Gasteiger partial charge in [0.25, 0.3) is 5.91 Å². The van der Waals surface area contributed by atoms with Crippen LogP contribution in [0.5, 0.6) is 0 Å². The first-order valence-electron chi connectivity index (χ1n) is 11.4. The third-order valence-corrected chi connectivity index (χ3v) is 5.57. The number of rotatable bonds is 8. The van der Waals surface area contributed by atoms with E-state index in [-0.39, 0.29) is 23.6 Å². The van der Waals surface area contributed by atoms with Gasteiger partial charge in [-0.25, -0.2) is 0 Å². The van der Waals surface area contributed by atoms with Crippen molar-refractivity contribution in [2.24, 2.45) is 32.5 Å². The lowest BCUT2D eigenvalue weighted by Crippen LogP contribution is -2.43. The molecule has 1 saturated heterocycles. The number of hydrogen-bond acceptors (Lipinski definition) is 7. The number of amides is 2. The number of nitrogens with zero attached hydrogens (tertiary/aromatic N) is 4. The van der Waals surface area contributed by atoms with Gasteiger partial charge in [-0.2, -0.15) is 10.2 Å². The number of carbonyl (C=O) groups is 2. The Bertz CT molecular complexity index is 1250. The standard InChI is InChI=1S/C25H31N9O2/c1-15(30-32-17(3)26)18-7-4-9-20(13-18)24(36)34-12-6-11-22(34)23(35)29-21-10-5-8-19(14-21)16(2)31-33-25(27)28/h4-5,7-10,13-14,22,32H,3,6,11-12,26H2,1-2H3,(H,29,35)(H4,27,28,33)/b30-15+,31-16+/t22-/m0/s1. The first-order valence-corrected chi connectivity index (χ1v) is 11.4. The van der Waals surface area contributed by atoms with Crippen molar-refractivity contribution >= 4 is 34.9 Å².